The van der Waals surface area contributed by atoms with E-state index in [1.165, 1.54) is 19.3 Å². The van der Waals surface area contributed by atoms with Gasteiger partial charge in [-0.15, -0.1) is 0 Å². The lowest BCUT2D eigenvalue weighted by molar-refractivity contribution is 0.333. The van der Waals surface area contributed by atoms with Crippen LogP contribution in [0.15, 0.2) is 6.33 Å². The van der Waals surface area contributed by atoms with Crippen LogP contribution in [0.2, 0.25) is 0 Å². The van der Waals surface area contributed by atoms with Crippen LogP contribution in [0.4, 0.5) is 11.6 Å². The summed E-state index contributed by atoms with van der Waals surface area (Å²) in [4.78, 5) is 8.52. The van der Waals surface area contributed by atoms with E-state index in [4.69, 9.17) is 0 Å². The molecule has 4 heteroatoms. The highest BCUT2D eigenvalue weighted by molar-refractivity contribution is 5.56. The molecule has 0 unspecified atom stereocenters. The topological polar surface area (TPSA) is 49.8 Å². The molecule has 88 valence electrons. The molecule has 0 radical (unpaired) electrons. The maximum absolute atomic E-state index is 4.29. The third-order valence-corrected chi connectivity index (χ3v) is 3.21. The monoisotopic (exact) mass is 220 g/mol. The summed E-state index contributed by atoms with van der Waals surface area (Å²) in [5.74, 6) is 2.75. The molecule has 16 heavy (non-hydrogen) atoms. The minimum atomic E-state index is 0.844. The van der Waals surface area contributed by atoms with Crippen LogP contribution in [0.3, 0.4) is 0 Å². The second kappa shape index (κ2) is 5.14. The second-order valence-electron chi connectivity index (χ2n) is 4.40. The fourth-order valence-electron chi connectivity index (χ4n) is 1.91. The summed E-state index contributed by atoms with van der Waals surface area (Å²) in [5, 5.41) is 6.66. The Morgan fingerprint density at radius 3 is 2.50 bits per heavy atom. The average Bonchev–Trinajstić information content (AvgIpc) is 2.21. The molecule has 2 N–H and O–H groups in total. The Morgan fingerprint density at radius 2 is 1.94 bits per heavy atom. The molecular weight excluding hydrogens is 200 g/mol. The number of aromatic nitrogens is 2. The van der Waals surface area contributed by atoms with Crippen molar-refractivity contribution in [3.8, 4) is 0 Å². The highest BCUT2D eigenvalue weighted by Gasteiger charge is 2.17. The van der Waals surface area contributed by atoms with Gasteiger partial charge >= 0.3 is 0 Å². The van der Waals surface area contributed by atoms with Crippen LogP contribution in [0, 0.1) is 12.8 Å². The maximum Gasteiger partial charge on any atom is 0.134 e. The zero-order valence-corrected chi connectivity index (χ0v) is 10.1. The molecule has 1 heterocycles. The summed E-state index contributed by atoms with van der Waals surface area (Å²) in [7, 11) is 0. The Labute approximate surface area is 96.9 Å². The van der Waals surface area contributed by atoms with Crippen molar-refractivity contribution in [3.05, 3.63) is 11.9 Å². The van der Waals surface area contributed by atoms with Crippen molar-refractivity contribution < 1.29 is 0 Å². The van der Waals surface area contributed by atoms with Crippen molar-refractivity contribution in [2.24, 2.45) is 5.92 Å². The Morgan fingerprint density at radius 1 is 1.25 bits per heavy atom. The molecular formula is C12H20N4. The van der Waals surface area contributed by atoms with Crippen molar-refractivity contribution in [3.63, 3.8) is 0 Å². The molecule has 0 aliphatic heterocycles. The van der Waals surface area contributed by atoms with E-state index in [0.717, 1.165) is 36.2 Å². The molecule has 1 fully saturated rings. The molecule has 1 aromatic rings. The zero-order valence-electron chi connectivity index (χ0n) is 10.1. The zero-order chi connectivity index (χ0) is 11.4. The van der Waals surface area contributed by atoms with Gasteiger partial charge in [-0.2, -0.15) is 0 Å². The van der Waals surface area contributed by atoms with E-state index in [0.29, 0.717) is 0 Å². The first kappa shape index (κ1) is 11.2. The van der Waals surface area contributed by atoms with Crippen LogP contribution in [-0.4, -0.2) is 23.1 Å². The first-order valence-electron chi connectivity index (χ1n) is 6.10. The van der Waals surface area contributed by atoms with Crippen molar-refractivity contribution in [1.82, 2.24) is 9.97 Å². The van der Waals surface area contributed by atoms with Crippen molar-refractivity contribution in [1.29, 1.82) is 0 Å². The smallest absolute Gasteiger partial charge is 0.134 e. The van der Waals surface area contributed by atoms with E-state index in [9.17, 15) is 0 Å². The van der Waals surface area contributed by atoms with E-state index in [1.54, 1.807) is 6.33 Å². The second-order valence-corrected chi connectivity index (χ2v) is 4.40. The van der Waals surface area contributed by atoms with Gasteiger partial charge in [-0.1, -0.05) is 6.42 Å². The number of nitrogens with one attached hydrogen (secondary N) is 2. The third-order valence-electron chi connectivity index (χ3n) is 3.21. The van der Waals surface area contributed by atoms with Gasteiger partial charge < -0.3 is 10.6 Å². The number of nitrogens with zero attached hydrogens (tertiary/aromatic N) is 2. The van der Waals surface area contributed by atoms with Crippen LogP contribution >= 0.6 is 0 Å². The fraction of sp³-hybridized carbons (Fsp3) is 0.667. The number of hydrogen-bond acceptors (Lipinski definition) is 4. The summed E-state index contributed by atoms with van der Waals surface area (Å²) in [6.45, 7) is 6.06. The quantitative estimate of drug-likeness (QED) is 0.800. The van der Waals surface area contributed by atoms with E-state index < -0.39 is 0 Å². The summed E-state index contributed by atoms with van der Waals surface area (Å²) in [6.07, 6.45) is 5.72. The van der Waals surface area contributed by atoms with Crippen molar-refractivity contribution >= 4 is 11.6 Å². The Kier molecular flexibility index (Phi) is 3.59. The summed E-state index contributed by atoms with van der Waals surface area (Å²) in [5.41, 5.74) is 1.11. The van der Waals surface area contributed by atoms with Crippen LogP contribution < -0.4 is 10.6 Å². The standard InChI is InChI=1S/C12H20N4/c1-3-13-11-9(2)12(16-8-15-11)14-7-10-5-4-6-10/h8,10H,3-7H2,1-2H3,(H2,13,14,15,16). The molecule has 1 aromatic heterocycles. The predicted molar refractivity (Wildman–Crippen MR) is 66.8 cm³/mol. The normalized spacial score (nSPS) is 15.6. The molecule has 0 bridgehead atoms. The van der Waals surface area contributed by atoms with Gasteiger partial charge in [0.1, 0.15) is 18.0 Å². The number of rotatable bonds is 5. The molecule has 2 rings (SSSR count). The average molecular weight is 220 g/mol. The van der Waals surface area contributed by atoms with Crippen molar-refractivity contribution in [2.45, 2.75) is 33.1 Å². The molecule has 0 atom stereocenters. The lowest BCUT2D eigenvalue weighted by Gasteiger charge is -2.26. The number of hydrogen-bond donors (Lipinski definition) is 2. The molecule has 1 aliphatic rings. The lowest BCUT2D eigenvalue weighted by atomic mass is 9.85. The molecule has 0 saturated heterocycles. The first-order chi connectivity index (χ1) is 7.81. The molecule has 1 aliphatic carbocycles. The summed E-state index contributed by atoms with van der Waals surface area (Å²) in [6, 6.07) is 0. The van der Waals surface area contributed by atoms with Gasteiger partial charge in [-0.25, -0.2) is 9.97 Å². The van der Waals surface area contributed by atoms with E-state index in [1.807, 2.05) is 0 Å². The van der Waals surface area contributed by atoms with Gasteiger partial charge in [-0.05, 0) is 32.6 Å². The van der Waals surface area contributed by atoms with E-state index >= 15 is 0 Å². The lowest BCUT2D eigenvalue weighted by Crippen LogP contribution is -2.22. The first-order valence-corrected chi connectivity index (χ1v) is 6.10. The van der Waals surface area contributed by atoms with Crippen LogP contribution in [-0.2, 0) is 0 Å². The number of anilines is 2. The summed E-state index contributed by atoms with van der Waals surface area (Å²) < 4.78 is 0. The highest BCUT2D eigenvalue weighted by Crippen LogP contribution is 2.27. The van der Waals surface area contributed by atoms with Gasteiger partial charge in [-0.3, -0.25) is 0 Å². The summed E-state index contributed by atoms with van der Waals surface area (Å²) >= 11 is 0. The highest BCUT2D eigenvalue weighted by atomic mass is 15.1. The largest absolute Gasteiger partial charge is 0.370 e. The fourth-order valence-corrected chi connectivity index (χ4v) is 1.91. The Balaban J connectivity index is 1.98. The van der Waals surface area contributed by atoms with Crippen LogP contribution in [0.1, 0.15) is 31.7 Å². The van der Waals surface area contributed by atoms with Crippen molar-refractivity contribution in [2.75, 3.05) is 23.7 Å². The third kappa shape index (κ3) is 2.43. The van der Waals surface area contributed by atoms with Gasteiger partial charge in [0.05, 0.1) is 0 Å². The minimum absolute atomic E-state index is 0.844. The minimum Gasteiger partial charge on any atom is -0.370 e. The Bertz CT molecular complexity index is 347. The SMILES string of the molecule is CCNc1ncnc(NCC2CCC2)c1C. The molecule has 1 saturated carbocycles. The molecule has 0 aromatic carbocycles. The molecule has 0 amide bonds. The Hall–Kier alpha value is -1.32. The van der Waals surface area contributed by atoms with Gasteiger partial charge in [0.2, 0.25) is 0 Å². The van der Waals surface area contributed by atoms with Gasteiger partial charge in [0.15, 0.2) is 0 Å². The molecule has 4 nitrogen and oxygen atoms in total. The van der Waals surface area contributed by atoms with E-state index in [2.05, 4.69) is 34.4 Å². The molecule has 0 spiro atoms. The van der Waals surface area contributed by atoms with Gasteiger partial charge in [0.25, 0.3) is 0 Å². The maximum atomic E-state index is 4.29. The van der Waals surface area contributed by atoms with Crippen LogP contribution in [0.25, 0.3) is 0 Å². The van der Waals surface area contributed by atoms with E-state index in [-0.39, 0.29) is 0 Å². The van der Waals surface area contributed by atoms with Gasteiger partial charge in [0, 0.05) is 18.7 Å². The predicted octanol–water partition coefficient (Wildman–Crippen LogP) is 2.43. The van der Waals surface area contributed by atoms with Crippen LogP contribution in [0.5, 0.6) is 0 Å².